The lowest BCUT2D eigenvalue weighted by atomic mass is 9.69. The normalized spacial score (nSPS) is 22.3. The maximum Gasteiger partial charge on any atom is 0.337 e. The summed E-state index contributed by atoms with van der Waals surface area (Å²) < 4.78 is 25.0. The molecule has 1 saturated carbocycles. The third-order valence-corrected chi connectivity index (χ3v) is 6.06. The third-order valence-electron chi connectivity index (χ3n) is 4.06. The number of rotatable bonds is 1. The fourth-order valence-electron chi connectivity index (χ4n) is 2.87. The number of carbonyl (C=O) groups excluding carboxylic acids is 1. The molecular formula is C13H13NO5S. The number of benzene rings is 1. The van der Waals surface area contributed by atoms with Crippen molar-refractivity contribution in [2.45, 2.75) is 24.2 Å². The largest absolute Gasteiger partial charge is 0.478 e. The second-order valence-electron chi connectivity index (χ2n) is 5.33. The summed E-state index contributed by atoms with van der Waals surface area (Å²) in [5.74, 6) is -1.96. The highest BCUT2D eigenvalue weighted by atomic mass is 32.2. The number of hydrogen-bond acceptors (Lipinski definition) is 4. The van der Waals surface area contributed by atoms with E-state index in [1.807, 2.05) is 0 Å². The van der Waals surface area contributed by atoms with Crippen LogP contribution in [0.1, 0.15) is 29.6 Å². The molecule has 20 heavy (non-hydrogen) atoms. The number of carbonyl (C=O) groups is 2. The molecule has 1 aliphatic carbocycles. The Morgan fingerprint density at radius 1 is 1.30 bits per heavy atom. The smallest absolute Gasteiger partial charge is 0.337 e. The van der Waals surface area contributed by atoms with E-state index in [4.69, 9.17) is 5.11 Å². The Morgan fingerprint density at radius 2 is 2.00 bits per heavy atom. The van der Waals surface area contributed by atoms with Gasteiger partial charge in [-0.3, -0.25) is 4.79 Å². The number of hydrogen-bond donors (Lipinski definition) is 2. The standard InChI is InChI=1S/C13H13NO5S/c15-11(16)8-3-1-4-9-10(8)20(18,19)7-13(5-2-6-13)12(17)14-9/h1,3-4H,2,5-7H2,(H,14,17)(H,15,16). The van der Waals surface area contributed by atoms with Crippen molar-refractivity contribution in [3.05, 3.63) is 23.8 Å². The average Bonchev–Trinajstić information content (AvgIpc) is 2.41. The van der Waals surface area contributed by atoms with Crippen LogP contribution in [0.25, 0.3) is 0 Å². The molecule has 1 heterocycles. The Bertz CT molecular complexity index is 718. The van der Waals surface area contributed by atoms with Crippen molar-refractivity contribution in [2.24, 2.45) is 5.41 Å². The van der Waals surface area contributed by atoms with Crippen LogP contribution in [0.3, 0.4) is 0 Å². The van der Waals surface area contributed by atoms with Gasteiger partial charge in [-0.2, -0.15) is 0 Å². The molecule has 1 aliphatic heterocycles. The molecule has 7 heteroatoms. The van der Waals surface area contributed by atoms with E-state index in [2.05, 4.69) is 5.32 Å². The number of amides is 1. The topological polar surface area (TPSA) is 101 Å². The lowest BCUT2D eigenvalue weighted by Crippen LogP contribution is -2.45. The van der Waals surface area contributed by atoms with Gasteiger partial charge >= 0.3 is 5.97 Å². The Balaban J connectivity index is 2.24. The second-order valence-corrected chi connectivity index (χ2v) is 7.26. The van der Waals surface area contributed by atoms with Crippen molar-refractivity contribution in [1.29, 1.82) is 0 Å². The third kappa shape index (κ3) is 1.73. The Kier molecular flexibility index (Phi) is 2.66. The summed E-state index contributed by atoms with van der Waals surface area (Å²) in [6.45, 7) is 0. The summed E-state index contributed by atoms with van der Waals surface area (Å²) >= 11 is 0. The molecule has 0 saturated heterocycles. The van der Waals surface area contributed by atoms with Crippen LogP contribution in [0, 0.1) is 5.41 Å². The van der Waals surface area contributed by atoms with Crippen molar-refractivity contribution < 1.29 is 23.1 Å². The molecule has 1 fully saturated rings. The van der Waals surface area contributed by atoms with Crippen LogP contribution in [-0.2, 0) is 14.6 Å². The van der Waals surface area contributed by atoms with E-state index in [0.717, 1.165) is 6.42 Å². The fourth-order valence-corrected chi connectivity index (χ4v) is 5.11. The van der Waals surface area contributed by atoms with Crippen LogP contribution >= 0.6 is 0 Å². The summed E-state index contributed by atoms with van der Waals surface area (Å²) in [4.78, 5) is 23.2. The Morgan fingerprint density at radius 3 is 2.55 bits per heavy atom. The number of sulfone groups is 1. The zero-order valence-corrected chi connectivity index (χ0v) is 11.4. The molecule has 0 unspecified atom stereocenters. The van der Waals surface area contributed by atoms with Crippen LogP contribution in [0.2, 0.25) is 0 Å². The molecule has 1 aromatic carbocycles. The molecule has 1 amide bonds. The molecule has 1 aromatic rings. The van der Waals surface area contributed by atoms with E-state index in [-0.39, 0.29) is 27.8 Å². The van der Waals surface area contributed by atoms with Crippen LogP contribution in [-0.4, -0.2) is 31.2 Å². The summed E-state index contributed by atoms with van der Waals surface area (Å²) in [5.41, 5.74) is -1.12. The van der Waals surface area contributed by atoms with E-state index >= 15 is 0 Å². The van der Waals surface area contributed by atoms with E-state index in [1.165, 1.54) is 18.2 Å². The minimum atomic E-state index is -3.82. The van der Waals surface area contributed by atoms with Crippen LogP contribution in [0.5, 0.6) is 0 Å². The molecule has 0 atom stereocenters. The van der Waals surface area contributed by atoms with Crippen molar-refractivity contribution >= 4 is 27.4 Å². The predicted molar refractivity (Wildman–Crippen MR) is 70.4 cm³/mol. The quantitative estimate of drug-likeness (QED) is 0.813. The maximum atomic E-state index is 12.5. The summed E-state index contributed by atoms with van der Waals surface area (Å²) in [6.07, 6.45) is 1.86. The van der Waals surface area contributed by atoms with Gasteiger partial charge < -0.3 is 10.4 Å². The highest BCUT2D eigenvalue weighted by molar-refractivity contribution is 7.91. The van der Waals surface area contributed by atoms with E-state index in [1.54, 1.807) is 0 Å². The van der Waals surface area contributed by atoms with Gasteiger partial charge in [-0.1, -0.05) is 12.5 Å². The molecule has 106 valence electrons. The lowest BCUT2D eigenvalue weighted by molar-refractivity contribution is -0.128. The first kappa shape index (κ1) is 13.1. The first-order valence-corrected chi connectivity index (χ1v) is 7.91. The molecule has 0 aromatic heterocycles. The summed E-state index contributed by atoms with van der Waals surface area (Å²) in [6, 6.07) is 4.09. The molecule has 1 spiro atoms. The zero-order valence-electron chi connectivity index (χ0n) is 10.5. The van der Waals surface area contributed by atoms with Gasteiger partial charge in [0.1, 0.15) is 4.90 Å². The molecule has 3 rings (SSSR count). The average molecular weight is 295 g/mol. The number of nitrogens with one attached hydrogen (secondary N) is 1. The van der Waals surface area contributed by atoms with E-state index in [0.29, 0.717) is 12.8 Å². The number of aromatic carboxylic acids is 1. The van der Waals surface area contributed by atoms with Crippen molar-refractivity contribution in [3.63, 3.8) is 0 Å². The van der Waals surface area contributed by atoms with Gasteiger partial charge in [0, 0.05) is 0 Å². The summed E-state index contributed by atoms with van der Waals surface area (Å²) in [5, 5.41) is 11.7. The molecule has 0 bridgehead atoms. The molecule has 0 radical (unpaired) electrons. The second kappa shape index (κ2) is 4.05. The lowest BCUT2D eigenvalue weighted by Gasteiger charge is -2.38. The van der Waals surface area contributed by atoms with E-state index in [9.17, 15) is 18.0 Å². The zero-order chi connectivity index (χ0) is 14.5. The van der Waals surface area contributed by atoms with Crippen LogP contribution in [0.15, 0.2) is 23.1 Å². The van der Waals surface area contributed by atoms with Gasteiger partial charge in [0.2, 0.25) is 5.91 Å². The Hall–Kier alpha value is -1.89. The highest BCUT2D eigenvalue weighted by Crippen LogP contribution is 2.47. The number of carboxylic acid groups (broad SMARTS) is 1. The van der Waals surface area contributed by atoms with Crippen molar-refractivity contribution in [1.82, 2.24) is 0 Å². The first-order valence-electron chi connectivity index (χ1n) is 6.26. The van der Waals surface area contributed by atoms with Gasteiger partial charge in [-0.25, -0.2) is 13.2 Å². The minimum absolute atomic E-state index is 0.0682. The van der Waals surface area contributed by atoms with Gasteiger partial charge in [0.05, 0.1) is 22.4 Å². The SMILES string of the molecule is O=C(O)c1cccc2c1S(=O)(=O)CC1(CCC1)C(=O)N2. The maximum absolute atomic E-state index is 12.5. The molecular weight excluding hydrogens is 282 g/mol. The molecule has 2 N–H and O–H groups in total. The highest BCUT2D eigenvalue weighted by Gasteiger charge is 2.50. The monoisotopic (exact) mass is 295 g/mol. The number of anilines is 1. The van der Waals surface area contributed by atoms with Crippen LogP contribution in [0.4, 0.5) is 5.69 Å². The summed E-state index contributed by atoms with van der Waals surface area (Å²) in [7, 11) is -3.82. The van der Waals surface area contributed by atoms with Crippen molar-refractivity contribution in [3.8, 4) is 0 Å². The predicted octanol–water partition coefficient (Wildman–Crippen LogP) is 1.28. The van der Waals surface area contributed by atoms with Gasteiger partial charge in [-0.15, -0.1) is 0 Å². The number of fused-ring (bicyclic) bond motifs is 1. The van der Waals surface area contributed by atoms with Gasteiger partial charge in [0.15, 0.2) is 9.84 Å². The van der Waals surface area contributed by atoms with Crippen molar-refractivity contribution in [2.75, 3.05) is 11.1 Å². The fraction of sp³-hybridized carbons (Fsp3) is 0.385. The first-order chi connectivity index (χ1) is 9.36. The van der Waals surface area contributed by atoms with Gasteiger partial charge in [0.25, 0.3) is 0 Å². The molecule has 2 aliphatic rings. The van der Waals surface area contributed by atoms with Gasteiger partial charge in [-0.05, 0) is 25.0 Å². The minimum Gasteiger partial charge on any atom is -0.478 e. The number of carboxylic acids is 1. The Labute approximate surface area is 115 Å². The molecule has 6 nitrogen and oxygen atoms in total. The van der Waals surface area contributed by atoms with Crippen LogP contribution < -0.4 is 5.32 Å². The van der Waals surface area contributed by atoms with E-state index < -0.39 is 21.2 Å².